The van der Waals surface area contributed by atoms with Crippen LogP contribution in [0.2, 0.25) is 0 Å². The first-order valence-electron chi connectivity index (χ1n) is 4.16. The molecular formula is C7H22O6Si. The zero-order valence-corrected chi connectivity index (χ0v) is 10.7. The smallest absolute Gasteiger partial charge is 0.0675 e. The maximum absolute atomic E-state index is 8.64. The first kappa shape index (κ1) is 19.5. The highest BCUT2D eigenvalue weighted by molar-refractivity contribution is 6.14. The average Bonchev–Trinajstić information content (AvgIpc) is 2.17. The van der Waals surface area contributed by atoms with Gasteiger partial charge in [0.2, 0.25) is 0 Å². The number of rotatable bonds is 3. The Morgan fingerprint density at radius 2 is 1.00 bits per heavy atom. The van der Waals surface area contributed by atoms with Crippen molar-refractivity contribution >= 4 is 10.2 Å². The predicted molar refractivity (Wildman–Crippen MR) is 56.0 cm³/mol. The Balaban J connectivity index is -0.000000135. The van der Waals surface area contributed by atoms with Crippen LogP contribution in [-0.2, 0) is 0 Å². The van der Waals surface area contributed by atoms with Crippen molar-refractivity contribution in [3.8, 4) is 0 Å². The number of hydrogen-bond acceptors (Lipinski definition) is 6. The highest BCUT2D eigenvalue weighted by atomic mass is 28.1. The number of aliphatic hydroxyl groups excluding tert-OH is 5. The molecule has 0 amide bonds. The van der Waals surface area contributed by atoms with Gasteiger partial charge in [-0.05, 0) is 6.92 Å². The van der Waals surface area contributed by atoms with Gasteiger partial charge in [-0.3, -0.25) is 0 Å². The highest BCUT2D eigenvalue weighted by Gasteiger charge is 2.07. The number of aliphatic hydroxyl groups is 6. The third-order valence-corrected chi connectivity index (χ3v) is 0.903. The van der Waals surface area contributed by atoms with Crippen molar-refractivity contribution < 1.29 is 30.6 Å². The van der Waals surface area contributed by atoms with Crippen LogP contribution in [0.1, 0.15) is 6.92 Å². The quantitative estimate of drug-likeness (QED) is 0.275. The molecule has 0 aliphatic rings. The van der Waals surface area contributed by atoms with Crippen molar-refractivity contribution in [1.82, 2.24) is 0 Å². The van der Waals surface area contributed by atoms with Gasteiger partial charge in [-0.2, -0.15) is 0 Å². The molecule has 1 atom stereocenters. The van der Waals surface area contributed by atoms with Gasteiger partial charge in [-0.1, -0.05) is 0 Å². The molecule has 0 fully saturated rings. The van der Waals surface area contributed by atoms with Gasteiger partial charge >= 0.3 is 0 Å². The van der Waals surface area contributed by atoms with Crippen molar-refractivity contribution in [2.45, 2.75) is 12.1 Å². The van der Waals surface area contributed by atoms with Gasteiger partial charge in [0.1, 0.15) is 0 Å². The first-order chi connectivity index (χ1) is 6.39. The standard InChI is InChI=1S/C3H10O2Si.2C2H6O2/c1-3(5,6)2-4;2*3-1-2-4/h4-5H,2H2,1,6H3;2*3-4H,1-2H2. The molecule has 14 heavy (non-hydrogen) atoms. The van der Waals surface area contributed by atoms with E-state index in [1.54, 1.807) is 6.92 Å². The third-order valence-electron chi connectivity index (χ3n) is 0.587. The van der Waals surface area contributed by atoms with Crippen molar-refractivity contribution in [3.05, 3.63) is 0 Å². The van der Waals surface area contributed by atoms with Crippen molar-refractivity contribution in [2.24, 2.45) is 0 Å². The molecule has 0 aromatic heterocycles. The Bertz CT molecular complexity index is 76.7. The van der Waals surface area contributed by atoms with E-state index in [1.165, 1.54) is 0 Å². The molecule has 90 valence electrons. The summed E-state index contributed by atoms with van der Waals surface area (Å²) in [4.78, 5) is 0. The van der Waals surface area contributed by atoms with Crippen LogP contribution >= 0.6 is 0 Å². The number of hydrogen-bond donors (Lipinski definition) is 6. The normalized spacial score (nSPS) is 13.1. The molecule has 6 nitrogen and oxygen atoms in total. The minimum atomic E-state index is -0.764. The van der Waals surface area contributed by atoms with Crippen LogP contribution in [0.5, 0.6) is 0 Å². The van der Waals surface area contributed by atoms with Crippen LogP contribution in [0.25, 0.3) is 0 Å². The van der Waals surface area contributed by atoms with Gasteiger partial charge in [0, 0.05) is 10.2 Å². The molecule has 0 rings (SSSR count). The molecule has 0 spiro atoms. The van der Waals surface area contributed by atoms with Crippen LogP contribution in [0, 0.1) is 0 Å². The summed E-state index contributed by atoms with van der Waals surface area (Å²) >= 11 is 0. The lowest BCUT2D eigenvalue weighted by Gasteiger charge is -2.10. The molecule has 7 heteroatoms. The third kappa shape index (κ3) is 58.3. The molecule has 1 unspecified atom stereocenters. The Morgan fingerprint density at radius 3 is 1.00 bits per heavy atom. The summed E-state index contributed by atoms with van der Waals surface area (Å²) in [6, 6.07) is 0. The van der Waals surface area contributed by atoms with Crippen LogP contribution in [-0.4, -0.2) is 79.1 Å². The lowest BCUT2D eigenvalue weighted by molar-refractivity contribution is 0.0729. The van der Waals surface area contributed by atoms with E-state index in [1.807, 2.05) is 0 Å². The summed E-state index contributed by atoms with van der Waals surface area (Å²) in [5.41, 5.74) is 0. The molecule has 0 heterocycles. The molecule has 0 aliphatic heterocycles. The summed E-state index contributed by atoms with van der Waals surface area (Å²) in [6.07, 6.45) is 0. The van der Waals surface area contributed by atoms with E-state index in [0.29, 0.717) is 10.2 Å². The fourth-order valence-electron chi connectivity index (χ4n) is 0. The molecule has 0 saturated heterocycles. The molecule has 0 radical (unpaired) electrons. The Kier molecular flexibility index (Phi) is 21.6. The molecule has 0 aromatic rings. The summed E-state index contributed by atoms with van der Waals surface area (Å²) in [5, 5.41) is 46.6. The maximum atomic E-state index is 8.64. The van der Waals surface area contributed by atoms with Crippen LogP contribution in [0.4, 0.5) is 0 Å². The monoisotopic (exact) mass is 230 g/mol. The zero-order chi connectivity index (χ0) is 12.0. The van der Waals surface area contributed by atoms with E-state index in [-0.39, 0.29) is 33.0 Å². The average molecular weight is 230 g/mol. The zero-order valence-electron chi connectivity index (χ0n) is 8.72. The van der Waals surface area contributed by atoms with Gasteiger partial charge < -0.3 is 30.6 Å². The van der Waals surface area contributed by atoms with E-state index >= 15 is 0 Å². The molecule has 0 bridgehead atoms. The predicted octanol–water partition coefficient (Wildman–Crippen LogP) is -4.01. The lowest BCUT2D eigenvalue weighted by Crippen LogP contribution is -2.28. The second-order valence-electron chi connectivity index (χ2n) is 2.86. The van der Waals surface area contributed by atoms with Crippen molar-refractivity contribution in [2.75, 3.05) is 33.0 Å². The van der Waals surface area contributed by atoms with Gasteiger partial charge in [0.15, 0.2) is 0 Å². The second-order valence-corrected chi connectivity index (χ2v) is 5.02. The van der Waals surface area contributed by atoms with Gasteiger partial charge in [-0.25, -0.2) is 0 Å². The van der Waals surface area contributed by atoms with Gasteiger partial charge in [-0.15, -0.1) is 0 Å². The molecular weight excluding hydrogens is 208 g/mol. The first-order valence-corrected chi connectivity index (χ1v) is 5.16. The van der Waals surface area contributed by atoms with Crippen molar-refractivity contribution in [1.29, 1.82) is 0 Å². The van der Waals surface area contributed by atoms with E-state index < -0.39 is 5.22 Å². The van der Waals surface area contributed by atoms with Crippen LogP contribution in [0.3, 0.4) is 0 Å². The maximum Gasteiger partial charge on any atom is 0.0675 e. The summed E-state index contributed by atoms with van der Waals surface area (Å²) < 4.78 is 0. The SMILES string of the molecule is CC(O)([SiH3])CO.OCCO.OCCO. The van der Waals surface area contributed by atoms with Crippen LogP contribution in [0.15, 0.2) is 0 Å². The van der Waals surface area contributed by atoms with Crippen molar-refractivity contribution in [3.63, 3.8) is 0 Å². The Hall–Kier alpha value is -0.0231. The minimum absolute atomic E-state index is 0.112. The second kappa shape index (κ2) is 15.4. The highest BCUT2D eigenvalue weighted by Crippen LogP contribution is 1.89. The fourth-order valence-corrected chi connectivity index (χ4v) is 0. The molecule has 0 saturated carbocycles. The Labute approximate surface area is 86.9 Å². The Morgan fingerprint density at radius 1 is 0.857 bits per heavy atom. The summed E-state index contributed by atoms with van der Waals surface area (Å²) in [7, 11) is 0.634. The van der Waals surface area contributed by atoms with E-state index in [4.69, 9.17) is 30.6 Å². The summed E-state index contributed by atoms with van der Waals surface area (Å²) in [5.74, 6) is 0. The van der Waals surface area contributed by atoms with E-state index in [9.17, 15) is 0 Å². The topological polar surface area (TPSA) is 121 Å². The van der Waals surface area contributed by atoms with Gasteiger partial charge in [0.05, 0.1) is 38.3 Å². The molecule has 6 N–H and O–H groups in total. The minimum Gasteiger partial charge on any atom is -0.394 e. The molecule has 0 aromatic carbocycles. The fraction of sp³-hybridized carbons (Fsp3) is 1.00. The summed E-state index contributed by atoms with van der Waals surface area (Å²) in [6.45, 7) is 0.998. The lowest BCUT2D eigenvalue weighted by atomic mass is 10.4. The van der Waals surface area contributed by atoms with Gasteiger partial charge in [0.25, 0.3) is 0 Å². The largest absolute Gasteiger partial charge is 0.394 e. The van der Waals surface area contributed by atoms with E-state index in [0.717, 1.165) is 0 Å². The van der Waals surface area contributed by atoms with Crippen LogP contribution < -0.4 is 0 Å². The van der Waals surface area contributed by atoms with E-state index in [2.05, 4.69) is 0 Å². The molecule has 0 aliphatic carbocycles.